The van der Waals surface area contributed by atoms with Gasteiger partial charge in [0, 0.05) is 5.69 Å². The minimum atomic E-state index is -0.252. The molecule has 0 unspecified atom stereocenters. The van der Waals surface area contributed by atoms with Gasteiger partial charge in [0.1, 0.15) is 0 Å². The lowest BCUT2D eigenvalue weighted by Crippen LogP contribution is -2.13. The fourth-order valence-corrected chi connectivity index (χ4v) is 2.31. The van der Waals surface area contributed by atoms with Crippen molar-refractivity contribution >= 4 is 11.6 Å². The van der Waals surface area contributed by atoms with Crippen LogP contribution in [0.4, 0.5) is 5.69 Å². The van der Waals surface area contributed by atoms with Gasteiger partial charge in [0.15, 0.2) is 5.69 Å². The number of carbonyl (C=O) groups excluding carboxylic acids is 1. The zero-order valence-corrected chi connectivity index (χ0v) is 13.2. The van der Waals surface area contributed by atoms with Crippen LogP contribution in [0, 0.1) is 13.8 Å². The first-order valence-corrected chi connectivity index (χ1v) is 7.44. The lowest BCUT2D eigenvalue weighted by molar-refractivity contribution is 0.102. The second-order valence-electron chi connectivity index (χ2n) is 5.56. The molecule has 0 aliphatic rings. The van der Waals surface area contributed by atoms with Gasteiger partial charge in [-0.3, -0.25) is 4.79 Å². The third-order valence-electron chi connectivity index (χ3n) is 3.60. The maximum absolute atomic E-state index is 12.3. The Morgan fingerprint density at radius 2 is 1.91 bits per heavy atom. The highest BCUT2D eigenvalue weighted by atomic mass is 16.2. The van der Waals surface area contributed by atoms with Gasteiger partial charge in [-0.1, -0.05) is 47.7 Å². The van der Waals surface area contributed by atoms with Gasteiger partial charge in [-0.15, -0.1) is 5.10 Å². The van der Waals surface area contributed by atoms with E-state index in [-0.39, 0.29) is 5.91 Å². The van der Waals surface area contributed by atoms with Gasteiger partial charge < -0.3 is 5.32 Å². The Morgan fingerprint density at radius 3 is 2.70 bits per heavy atom. The van der Waals surface area contributed by atoms with Crippen LogP contribution in [0.25, 0.3) is 0 Å². The van der Waals surface area contributed by atoms with Crippen LogP contribution in [-0.4, -0.2) is 20.9 Å². The van der Waals surface area contributed by atoms with E-state index in [0.717, 1.165) is 22.4 Å². The maximum atomic E-state index is 12.3. The summed E-state index contributed by atoms with van der Waals surface area (Å²) in [7, 11) is 0. The van der Waals surface area contributed by atoms with Crippen LogP contribution in [0.1, 0.15) is 27.2 Å². The molecule has 23 heavy (non-hydrogen) atoms. The van der Waals surface area contributed by atoms with E-state index in [4.69, 9.17) is 0 Å². The molecule has 0 radical (unpaired) electrons. The Bertz CT molecular complexity index is 824. The predicted octanol–water partition coefficient (Wildman–Crippen LogP) is 3.20. The highest BCUT2D eigenvalue weighted by Crippen LogP contribution is 2.17. The highest BCUT2D eigenvalue weighted by Gasteiger charge is 2.12. The summed E-state index contributed by atoms with van der Waals surface area (Å²) in [6, 6.07) is 15.9. The second-order valence-corrected chi connectivity index (χ2v) is 5.56. The number of nitrogens with one attached hydrogen (secondary N) is 1. The van der Waals surface area contributed by atoms with Gasteiger partial charge in [-0.2, -0.15) is 0 Å². The van der Waals surface area contributed by atoms with Gasteiger partial charge in [0.2, 0.25) is 0 Å². The molecule has 3 aromatic rings. The molecule has 5 heteroatoms. The Kier molecular flexibility index (Phi) is 4.19. The van der Waals surface area contributed by atoms with E-state index in [1.54, 1.807) is 10.9 Å². The van der Waals surface area contributed by atoms with Gasteiger partial charge in [-0.05, 0) is 36.6 Å². The Labute approximate surface area is 135 Å². The van der Waals surface area contributed by atoms with E-state index in [9.17, 15) is 4.79 Å². The molecule has 0 fully saturated rings. The first-order chi connectivity index (χ1) is 11.1. The van der Waals surface area contributed by atoms with Crippen LogP contribution >= 0.6 is 0 Å². The van der Waals surface area contributed by atoms with Gasteiger partial charge >= 0.3 is 0 Å². The van der Waals surface area contributed by atoms with Crippen LogP contribution in [0.3, 0.4) is 0 Å². The topological polar surface area (TPSA) is 59.8 Å². The smallest absolute Gasteiger partial charge is 0.277 e. The minimum absolute atomic E-state index is 0.252. The molecule has 0 bridgehead atoms. The molecule has 0 atom stereocenters. The highest BCUT2D eigenvalue weighted by molar-refractivity contribution is 6.03. The van der Waals surface area contributed by atoms with Gasteiger partial charge in [-0.25, -0.2) is 4.68 Å². The van der Waals surface area contributed by atoms with Crippen molar-refractivity contribution in [3.8, 4) is 0 Å². The molecule has 5 nitrogen and oxygen atoms in total. The molecule has 1 N–H and O–H groups in total. The van der Waals surface area contributed by atoms with E-state index in [0.29, 0.717) is 12.2 Å². The number of rotatable bonds is 4. The summed E-state index contributed by atoms with van der Waals surface area (Å²) in [5, 5.41) is 10.9. The third kappa shape index (κ3) is 3.63. The standard InChI is InChI=1S/C18H18N4O/c1-13-8-9-14(2)16(10-13)19-18(23)17-12-22(21-20-17)11-15-6-4-3-5-7-15/h3-10,12H,11H2,1-2H3,(H,19,23). The molecule has 1 aromatic heterocycles. The van der Waals surface area contributed by atoms with E-state index in [2.05, 4.69) is 15.6 Å². The molecule has 1 amide bonds. The SMILES string of the molecule is Cc1ccc(C)c(NC(=O)c2cn(Cc3ccccc3)nn2)c1. The maximum Gasteiger partial charge on any atom is 0.277 e. The normalized spacial score (nSPS) is 10.5. The first kappa shape index (κ1) is 15.0. The summed E-state index contributed by atoms with van der Waals surface area (Å²) in [6.45, 7) is 4.54. The van der Waals surface area contributed by atoms with E-state index < -0.39 is 0 Å². The number of hydrogen-bond acceptors (Lipinski definition) is 3. The van der Waals surface area contributed by atoms with Gasteiger partial charge in [0.25, 0.3) is 5.91 Å². The Balaban J connectivity index is 1.72. The average Bonchev–Trinajstić information content (AvgIpc) is 3.00. The number of amides is 1. The van der Waals surface area contributed by atoms with Crippen molar-refractivity contribution in [3.63, 3.8) is 0 Å². The minimum Gasteiger partial charge on any atom is -0.320 e. The van der Waals surface area contributed by atoms with Gasteiger partial charge in [0.05, 0.1) is 12.7 Å². The second kappa shape index (κ2) is 6.44. The fourth-order valence-electron chi connectivity index (χ4n) is 2.31. The Morgan fingerprint density at radius 1 is 1.13 bits per heavy atom. The number of nitrogens with zero attached hydrogens (tertiary/aromatic N) is 3. The molecular weight excluding hydrogens is 288 g/mol. The summed E-state index contributed by atoms with van der Waals surface area (Å²) in [4.78, 5) is 12.3. The lowest BCUT2D eigenvalue weighted by atomic mass is 10.1. The molecule has 0 spiro atoms. The monoisotopic (exact) mass is 306 g/mol. The van der Waals surface area contributed by atoms with Crippen molar-refractivity contribution in [3.05, 3.63) is 77.1 Å². The number of carbonyl (C=O) groups is 1. The molecule has 3 rings (SSSR count). The van der Waals surface area contributed by atoms with Crippen molar-refractivity contribution < 1.29 is 4.79 Å². The van der Waals surface area contributed by atoms with Crippen molar-refractivity contribution in [2.24, 2.45) is 0 Å². The summed E-state index contributed by atoms with van der Waals surface area (Å²) >= 11 is 0. The summed E-state index contributed by atoms with van der Waals surface area (Å²) in [5.74, 6) is -0.252. The summed E-state index contributed by atoms with van der Waals surface area (Å²) < 4.78 is 1.66. The summed E-state index contributed by atoms with van der Waals surface area (Å²) in [5.41, 5.74) is 4.33. The predicted molar refractivity (Wildman–Crippen MR) is 89.4 cm³/mol. The zero-order chi connectivity index (χ0) is 16.2. The molecule has 1 heterocycles. The van der Waals surface area contributed by atoms with E-state index in [1.807, 2.05) is 62.4 Å². The summed E-state index contributed by atoms with van der Waals surface area (Å²) in [6.07, 6.45) is 1.66. The van der Waals surface area contributed by atoms with Crippen LogP contribution < -0.4 is 5.32 Å². The van der Waals surface area contributed by atoms with Crippen LogP contribution in [-0.2, 0) is 6.54 Å². The number of hydrogen-bond donors (Lipinski definition) is 1. The lowest BCUT2D eigenvalue weighted by Gasteiger charge is -2.07. The molecular formula is C18H18N4O. The molecule has 0 aliphatic carbocycles. The zero-order valence-electron chi connectivity index (χ0n) is 13.2. The quantitative estimate of drug-likeness (QED) is 0.805. The largest absolute Gasteiger partial charge is 0.320 e. The molecule has 0 aliphatic heterocycles. The number of benzene rings is 2. The first-order valence-electron chi connectivity index (χ1n) is 7.44. The van der Waals surface area contributed by atoms with E-state index in [1.165, 1.54) is 0 Å². The van der Waals surface area contributed by atoms with E-state index >= 15 is 0 Å². The Hall–Kier alpha value is -2.95. The number of aromatic nitrogens is 3. The van der Waals surface area contributed by atoms with Crippen molar-refractivity contribution in [1.29, 1.82) is 0 Å². The van der Waals surface area contributed by atoms with Crippen molar-refractivity contribution in [2.45, 2.75) is 20.4 Å². The van der Waals surface area contributed by atoms with Crippen LogP contribution in [0.5, 0.6) is 0 Å². The average molecular weight is 306 g/mol. The van der Waals surface area contributed by atoms with Crippen molar-refractivity contribution in [1.82, 2.24) is 15.0 Å². The molecule has 0 saturated carbocycles. The molecule has 0 saturated heterocycles. The van der Waals surface area contributed by atoms with Crippen molar-refractivity contribution in [2.75, 3.05) is 5.32 Å². The van der Waals surface area contributed by atoms with Crippen LogP contribution in [0.15, 0.2) is 54.7 Å². The van der Waals surface area contributed by atoms with Crippen LogP contribution in [0.2, 0.25) is 0 Å². The number of anilines is 1. The molecule has 116 valence electrons. The molecule has 2 aromatic carbocycles. The number of aryl methyl sites for hydroxylation is 2. The third-order valence-corrected chi connectivity index (χ3v) is 3.60. The fraction of sp³-hybridized carbons (Fsp3) is 0.167.